The summed E-state index contributed by atoms with van der Waals surface area (Å²) >= 11 is 1.28. The van der Waals surface area contributed by atoms with E-state index in [0.717, 1.165) is 0 Å². The molecule has 0 saturated carbocycles. The van der Waals surface area contributed by atoms with Gasteiger partial charge in [-0.25, -0.2) is 0 Å². The number of carboxylic acid groups (broad SMARTS) is 1. The lowest BCUT2D eigenvalue weighted by molar-refractivity contribution is -0.135. The fourth-order valence-electron chi connectivity index (χ4n) is 1.96. The van der Waals surface area contributed by atoms with Gasteiger partial charge in [-0.1, -0.05) is 42.1 Å². The highest BCUT2D eigenvalue weighted by Gasteiger charge is 2.17. The maximum atomic E-state index is 12.1. The normalized spacial score (nSPS) is 15.6. The molecule has 22 heavy (non-hydrogen) atoms. The Balaban J connectivity index is 1.98. The smallest absolute Gasteiger partial charge is 0.325 e. The third-order valence-corrected chi connectivity index (χ3v) is 4.11. The lowest BCUT2D eigenvalue weighted by Gasteiger charge is -2.29. The third kappa shape index (κ3) is 5.16. The minimum atomic E-state index is -0.985. The standard InChI is InChI=1S/C15H18N2O4S/c18-13(12-4-2-1-3-5-12)11-22-15(16-10-14(19)20)17-6-8-21-9-7-17/h1-5H,6-11H2,(H,19,20)/b16-15-. The van der Waals surface area contributed by atoms with E-state index in [9.17, 15) is 9.59 Å². The van der Waals surface area contributed by atoms with Gasteiger partial charge >= 0.3 is 5.97 Å². The molecule has 1 aliphatic heterocycles. The van der Waals surface area contributed by atoms with Crippen molar-refractivity contribution >= 4 is 28.7 Å². The molecule has 6 nitrogen and oxygen atoms in total. The third-order valence-electron chi connectivity index (χ3n) is 3.06. The molecule has 0 bridgehead atoms. The Kier molecular flexibility index (Phi) is 6.42. The number of Topliss-reactive ketones (excluding diaryl/α,β-unsaturated/α-hetero) is 1. The topological polar surface area (TPSA) is 79.2 Å². The van der Waals surface area contributed by atoms with Gasteiger partial charge in [-0.05, 0) is 0 Å². The maximum absolute atomic E-state index is 12.1. The monoisotopic (exact) mass is 322 g/mol. The number of aliphatic imine (C=N–C) groups is 1. The number of hydrogen-bond acceptors (Lipinski definition) is 5. The van der Waals surface area contributed by atoms with E-state index in [1.165, 1.54) is 11.8 Å². The summed E-state index contributed by atoms with van der Waals surface area (Å²) in [6.45, 7) is 2.19. The first-order valence-electron chi connectivity index (χ1n) is 6.97. The number of carbonyl (C=O) groups excluding carboxylic acids is 1. The van der Waals surface area contributed by atoms with Crippen molar-refractivity contribution in [1.82, 2.24) is 4.90 Å². The number of hydrogen-bond donors (Lipinski definition) is 1. The molecular formula is C15H18N2O4S. The number of carboxylic acids is 1. The van der Waals surface area contributed by atoms with Gasteiger partial charge in [-0.2, -0.15) is 0 Å². The van der Waals surface area contributed by atoms with Crippen molar-refractivity contribution in [1.29, 1.82) is 0 Å². The number of ether oxygens (including phenoxy) is 1. The van der Waals surface area contributed by atoms with Crippen LogP contribution in [-0.2, 0) is 9.53 Å². The number of nitrogens with zero attached hydrogens (tertiary/aromatic N) is 2. The Morgan fingerprint density at radius 3 is 2.55 bits per heavy atom. The van der Waals surface area contributed by atoms with E-state index in [0.29, 0.717) is 37.0 Å². The minimum Gasteiger partial charge on any atom is -0.480 e. The summed E-state index contributed by atoms with van der Waals surface area (Å²) < 4.78 is 5.28. The summed E-state index contributed by atoms with van der Waals surface area (Å²) in [6, 6.07) is 9.04. The quantitative estimate of drug-likeness (QED) is 0.501. The number of amidine groups is 1. The molecule has 2 rings (SSSR count). The fraction of sp³-hybridized carbons (Fsp3) is 0.400. The van der Waals surface area contributed by atoms with Crippen LogP contribution >= 0.6 is 11.8 Å². The zero-order chi connectivity index (χ0) is 15.8. The molecular weight excluding hydrogens is 304 g/mol. The average molecular weight is 322 g/mol. The molecule has 0 radical (unpaired) electrons. The van der Waals surface area contributed by atoms with Crippen LogP contribution in [0.1, 0.15) is 10.4 Å². The van der Waals surface area contributed by atoms with Gasteiger partial charge in [-0.3, -0.25) is 14.6 Å². The molecule has 0 aliphatic carbocycles. The molecule has 1 heterocycles. The van der Waals surface area contributed by atoms with Crippen molar-refractivity contribution in [3.05, 3.63) is 35.9 Å². The molecule has 1 aromatic rings. The number of aliphatic carboxylic acids is 1. The number of rotatable bonds is 5. The predicted molar refractivity (Wildman–Crippen MR) is 85.6 cm³/mol. The summed E-state index contributed by atoms with van der Waals surface area (Å²) in [6.07, 6.45) is 0. The van der Waals surface area contributed by atoms with Crippen LogP contribution in [0.5, 0.6) is 0 Å². The molecule has 7 heteroatoms. The molecule has 1 aromatic carbocycles. The average Bonchev–Trinajstić information content (AvgIpc) is 2.56. The van der Waals surface area contributed by atoms with Gasteiger partial charge in [0.15, 0.2) is 11.0 Å². The second kappa shape index (κ2) is 8.55. The molecule has 0 amide bonds. The van der Waals surface area contributed by atoms with E-state index < -0.39 is 5.97 Å². The molecule has 0 spiro atoms. The SMILES string of the molecule is O=C(O)C/N=C(\SCC(=O)c1ccccc1)N1CCOCC1. The van der Waals surface area contributed by atoms with Crippen molar-refractivity contribution in [3.8, 4) is 0 Å². The number of carbonyl (C=O) groups is 2. The van der Waals surface area contributed by atoms with Crippen LogP contribution in [0.4, 0.5) is 0 Å². The van der Waals surface area contributed by atoms with E-state index in [1.54, 1.807) is 12.1 Å². The highest BCUT2D eigenvalue weighted by molar-refractivity contribution is 8.14. The Bertz CT molecular complexity index is 542. The van der Waals surface area contributed by atoms with Gasteiger partial charge in [-0.15, -0.1) is 0 Å². The summed E-state index contributed by atoms with van der Waals surface area (Å²) in [5.41, 5.74) is 0.648. The van der Waals surface area contributed by atoms with Gasteiger partial charge in [0.1, 0.15) is 6.54 Å². The van der Waals surface area contributed by atoms with E-state index in [1.807, 2.05) is 23.1 Å². The number of morpholine rings is 1. The molecule has 118 valence electrons. The molecule has 1 aliphatic rings. The molecule has 0 aromatic heterocycles. The predicted octanol–water partition coefficient (Wildman–Crippen LogP) is 1.38. The second-order valence-electron chi connectivity index (χ2n) is 4.67. The molecule has 0 unspecified atom stereocenters. The largest absolute Gasteiger partial charge is 0.480 e. The highest BCUT2D eigenvalue weighted by atomic mass is 32.2. The van der Waals surface area contributed by atoms with Gasteiger partial charge in [0.25, 0.3) is 0 Å². The highest BCUT2D eigenvalue weighted by Crippen LogP contribution is 2.14. The van der Waals surface area contributed by atoms with E-state index in [4.69, 9.17) is 9.84 Å². The first-order chi connectivity index (χ1) is 10.7. The Labute approximate surface area is 133 Å². The van der Waals surface area contributed by atoms with Crippen LogP contribution in [0.2, 0.25) is 0 Å². The van der Waals surface area contributed by atoms with Gasteiger partial charge in [0.2, 0.25) is 0 Å². The van der Waals surface area contributed by atoms with Crippen molar-refractivity contribution < 1.29 is 19.4 Å². The fourth-order valence-corrected chi connectivity index (χ4v) is 2.91. The first kappa shape index (κ1) is 16.5. The Morgan fingerprint density at radius 1 is 1.23 bits per heavy atom. The van der Waals surface area contributed by atoms with Crippen molar-refractivity contribution in [2.75, 3.05) is 38.6 Å². The van der Waals surface area contributed by atoms with Crippen LogP contribution < -0.4 is 0 Å². The van der Waals surface area contributed by atoms with Gasteiger partial charge < -0.3 is 14.7 Å². The summed E-state index contributed by atoms with van der Waals surface area (Å²) in [5, 5.41) is 9.38. The van der Waals surface area contributed by atoms with E-state index in [2.05, 4.69) is 4.99 Å². The minimum absolute atomic E-state index is 0.00174. The number of ketones is 1. The lowest BCUT2D eigenvalue weighted by Crippen LogP contribution is -2.40. The molecule has 1 N–H and O–H groups in total. The van der Waals surface area contributed by atoms with Crippen molar-refractivity contribution in [3.63, 3.8) is 0 Å². The second-order valence-corrected chi connectivity index (χ2v) is 5.61. The molecule has 1 fully saturated rings. The number of benzene rings is 1. The van der Waals surface area contributed by atoms with Crippen molar-refractivity contribution in [2.24, 2.45) is 4.99 Å². The summed E-state index contributed by atoms with van der Waals surface area (Å²) in [5.74, 6) is -0.748. The zero-order valence-corrected chi connectivity index (χ0v) is 12.9. The zero-order valence-electron chi connectivity index (χ0n) is 12.1. The molecule has 1 saturated heterocycles. The van der Waals surface area contributed by atoms with Crippen LogP contribution in [0, 0.1) is 0 Å². The van der Waals surface area contributed by atoms with Crippen LogP contribution in [0.25, 0.3) is 0 Å². The Morgan fingerprint density at radius 2 is 1.91 bits per heavy atom. The van der Waals surface area contributed by atoms with Crippen molar-refractivity contribution in [2.45, 2.75) is 0 Å². The first-order valence-corrected chi connectivity index (χ1v) is 7.95. The number of thioether (sulfide) groups is 1. The van der Waals surface area contributed by atoms with E-state index in [-0.39, 0.29) is 18.1 Å². The molecule has 0 atom stereocenters. The van der Waals surface area contributed by atoms with Crippen LogP contribution in [0.3, 0.4) is 0 Å². The van der Waals surface area contributed by atoms with E-state index >= 15 is 0 Å². The Hall–Kier alpha value is -1.86. The summed E-state index contributed by atoms with van der Waals surface area (Å²) in [7, 11) is 0. The van der Waals surface area contributed by atoms with Crippen LogP contribution in [-0.4, -0.2) is 65.5 Å². The van der Waals surface area contributed by atoms with Gasteiger partial charge in [0.05, 0.1) is 19.0 Å². The summed E-state index contributed by atoms with van der Waals surface area (Å²) in [4.78, 5) is 28.9. The maximum Gasteiger partial charge on any atom is 0.325 e. The van der Waals surface area contributed by atoms with Crippen LogP contribution in [0.15, 0.2) is 35.3 Å². The van der Waals surface area contributed by atoms with Gasteiger partial charge in [0, 0.05) is 18.7 Å². The lowest BCUT2D eigenvalue weighted by atomic mass is 10.2.